The van der Waals surface area contributed by atoms with Crippen LogP contribution in [0, 0.1) is 6.92 Å². The van der Waals surface area contributed by atoms with Crippen LogP contribution in [0.3, 0.4) is 0 Å². The van der Waals surface area contributed by atoms with Crippen LogP contribution < -0.4 is 5.32 Å². The monoisotopic (exact) mass is 247 g/mol. The summed E-state index contributed by atoms with van der Waals surface area (Å²) < 4.78 is 0. The molecule has 1 aliphatic rings. The van der Waals surface area contributed by atoms with Crippen molar-refractivity contribution >= 4 is 0 Å². The first-order chi connectivity index (χ1) is 8.65. The third kappa shape index (κ3) is 3.79. The van der Waals surface area contributed by atoms with Gasteiger partial charge in [-0.3, -0.25) is 9.88 Å². The molecular formula is C15H25N3. The van der Waals surface area contributed by atoms with Crippen molar-refractivity contribution in [3.8, 4) is 0 Å². The van der Waals surface area contributed by atoms with Crippen molar-refractivity contribution in [2.75, 3.05) is 13.1 Å². The molecule has 100 valence electrons. The molecule has 0 spiro atoms. The molecule has 0 radical (unpaired) electrons. The van der Waals surface area contributed by atoms with E-state index in [-0.39, 0.29) is 0 Å². The van der Waals surface area contributed by atoms with Crippen LogP contribution in [0.4, 0.5) is 0 Å². The van der Waals surface area contributed by atoms with E-state index >= 15 is 0 Å². The summed E-state index contributed by atoms with van der Waals surface area (Å²) in [5, 5.41) is 3.55. The van der Waals surface area contributed by atoms with E-state index in [2.05, 4.69) is 54.2 Å². The minimum atomic E-state index is 0.574. The molecule has 0 aliphatic carbocycles. The topological polar surface area (TPSA) is 28.2 Å². The lowest BCUT2D eigenvalue weighted by Gasteiger charge is -2.25. The Kier molecular flexibility index (Phi) is 4.72. The molecule has 2 rings (SSSR count). The summed E-state index contributed by atoms with van der Waals surface area (Å²) in [5.41, 5.74) is 2.31. The highest BCUT2D eigenvalue weighted by molar-refractivity contribution is 5.10. The van der Waals surface area contributed by atoms with E-state index in [1.165, 1.54) is 25.1 Å². The Bertz CT molecular complexity index is 376. The van der Waals surface area contributed by atoms with Crippen LogP contribution in [-0.4, -0.2) is 35.1 Å². The normalized spacial score (nSPS) is 20.8. The van der Waals surface area contributed by atoms with Crippen molar-refractivity contribution in [1.82, 2.24) is 15.2 Å². The van der Waals surface area contributed by atoms with Crippen LogP contribution in [0.2, 0.25) is 0 Å². The summed E-state index contributed by atoms with van der Waals surface area (Å²) in [6.45, 7) is 9.78. The zero-order chi connectivity index (χ0) is 13.0. The summed E-state index contributed by atoms with van der Waals surface area (Å²) >= 11 is 0. The van der Waals surface area contributed by atoms with Crippen molar-refractivity contribution in [2.45, 2.75) is 52.2 Å². The molecule has 0 saturated carbocycles. The number of nitrogens with zero attached hydrogens (tertiary/aromatic N) is 2. The van der Waals surface area contributed by atoms with E-state index in [4.69, 9.17) is 0 Å². The van der Waals surface area contributed by atoms with Crippen molar-refractivity contribution in [1.29, 1.82) is 0 Å². The molecule has 1 saturated heterocycles. The highest BCUT2D eigenvalue weighted by Gasteiger charge is 2.24. The van der Waals surface area contributed by atoms with E-state index in [0.29, 0.717) is 12.1 Å². The van der Waals surface area contributed by atoms with Crippen molar-refractivity contribution in [3.63, 3.8) is 0 Å². The van der Waals surface area contributed by atoms with E-state index in [0.717, 1.165) is 18.8 Å². The average molecular weight is 247 g/mol. The van der Waals surface area contributed by atoms with Crippen LogP contribution in [0.5, 0.6) is 0 Å². The van der Waals surface area contributed by atoms with Crippen molar-refractivity contribution < 1.29 is 0 Å². The number of rotatable bonds is 5. The Labute approximate surface area is 111 Å². The summed E-state index contributed by atoms with van der Waals surface area (Å²) in [5.74, 6) is 0. The predicted octanol–water partition coefficient (Wildman–Crippen LogP) is 2.35. The van der Waals surface area contributed by atoms with Gasteiger partial charge in [-0.25, -0.2) is 0 Å². The number of aromatic nitrogens is 1. The number of likely N-dealkylation sites (tertiary alicyclic amines) is 1. The molecule has 1 aromatic rings. The molecule has 0 bridgehead atoms. The Hall–Kier alpha value is -0.930. The van der Waals surface area contributed by atoms with E-state index < -0.39 is 0 Å². The van der Waals surface area contributed by atoms with Crippen LogP contribution >= 0.6 is 0 Å². The van der Waals surface area contributed by atoms with Crippen LogP contribution in [0.25, 0.3) is 0 Å². The first-order valence-electron chi connectivity index (χ1n) is 7.05. The molecule has 3 nitrogen and oxygen atoms in total. The molecule has 1 fully saturated rings. The smallest absolute Gasteiger partial charge is 0.0547 e. The van der Waals surface area contributed by atoms with Gasteiger partial charge in [-0.1, -0.05) is 19.9 Å². The summed E-state index contributed by atoms with van der Waals surface area (Å²) in [7, 11) is 0. The average Bonchev–Trinajstić information content (AvgIpc) is 2.74. The fourth-order valence-electron chi connectivity index (χ4n) is 2.60. The lowest BCUT2D eigenvalue weighted by Crippen LogP contribution is -2.39. The zero-order valence-corrected chi connectivity index (χ0v) is 11.8. The molecule has 18 heavy (non-hydrogen) atoms. The number of aryl methyl sites for hydroxylation is 1. The molecule has 0 amide bonds. The summed E-state index contributed by atoms with van der Waals surface area (Å²) in [6.07, 6.45) is 2.63. The predicted molar refractivity (Wildman–Crippen MR) is 75.5 cm³/mol. The van der Waals surface area contributed by atoms with Gasteiger partial charge in [-0.2, -0.15) is 0 Å². The third-order valence-electron chi connectivity index (χ3n) is 3.57. The maximum absolute atomic E-state index is 4.60. The molecule has 1 aromatic heterocycles. The molecule has 1 unspecified atom stereocenters. The number of hydrogen-bond acceptors (Lipinski definition) is 3. The van der Waals surface area contributed by atoms with Crippen molar-refractivity contribution in [2.24, 2.45) is 0 Å². The van der Waals surface area contributed by atoms with Crippen LogP contribution in [-0.2, 0) is 6.54 Å². The van der Waals surface area contributed by atoms with Crippen LogP contribution in [0.1, 0.15) is 38.1 Å². The molecule has 2 heterocycles. The fraction of sp³-hybridized carbons (Fsp3) is 0.667. The maximum atomic E-state index is 4.60. The SMILES string of the molecule is Cc1cccc(CN2CCCC2CNC(C)C)n1. The van der Waals surface area contributed by atoms with Crippen LogP contribution in [0.15, 0.2) is 18.2 Å². The van der Waals surface area contributed by atoms with Gasteiger partial charge < -0.3 is 5.32 Å². The molecule has 1 aliphatic heterocycles. The molecule has 1 atom stereocenters. The van der Waals surface area contributed by atoms with Gasteiger partial charge >= 0.3 is 0 Å². The van der Waals surface area contributed by atoms with Gasteiger partial charge in [-0.15, -0.1) is 0 Å². The Morgan fingerprint density at radius 3 is 3.00 bits per heavy atom. The van der Waals surface area contributed by atoms with Gasteiger partial charge in [0, 0.05) is 30.9 Å². The minimum absolute atomic E-state index is 0.574. The van der Waals surface area contributed by atoms with Gasteiger partial charge in [0.1, 0.15) is 0 Å². The van der Waals surface area contributed by atoms with E-state index in [1.54, 1.807) is 0 Å². The fourth-order valence-corrected chi connectivity index (χ4v) is 2.60. The van der Waals surface area contributed by atoms with Gasteiger partial charge in [0.05, 0.1) is 5.69 Å². The standard InChI is InChI=1S/C15H25N3/c1-12(2)16-10-15-8-5-9-18(15)11-14-7-4-6-13(3)17-14/h4,6-7,12,15-16H,5,8-11H2,1-3H3. The first-order valence-corrected chi connectivity index (χ1v) is 7.05. The second-order valence-corrected chi connectivity index (χ2v) is 5.60. The Morgan fingerprint density at radius 1 is 1.44 bits per heavy atom. The number of pyridine rings is 1. The molecule has 1 N–H and O–H groups in total. The Balaban J connectivity index is 1.91. The number of nitrogens with one attached hydrogen (secondary N) is 1. The highest BCUT2D eigenvalue weighted by Crippen LogP contribution is 2.19. The van der Waals surface area contributed by atoms with Gasteiger partial charge in [0.25, 0.3) is 0 Å². The van der Waals surface area contributed by atoms with Gasteiger partial charge in [0.2, 0.25) is 0 Å². The van der Waals surface area contributed by atoms with Gasteiger partial charge in [0.15, 0.2) is 0 Å². The second-order valence-electron chi connectivity index (χ2n) is 5.60. The van der Waals surface area contributed by atoms with Gasteiger partial charge in [-0.05, 0) is 38.4 Å². The Morgan fingerprint density at radius 2 is 2.28 bits per heavy atom. The van der Waals surface area contributed by atoms with Crippen molar-refractivity contribution in [3.05, 3.63) is 29.6 Å². The third-order valence-corrected chi connectivity index (χ3v) is 3.57. The largest absolute Gasteiger partial charge is 0.313 e. The molecule has 3 heteroatoms. The quantitative estimate of drug-likeness (QED) is 0.865. The summed E-state index contributed by atoms with van der Waals surface area (Å²) in [6, 6.07) is 7.55. The zero-order valence-electron chi connectivity index (χ0n) is 11.8. The summed E-state index contributed by atoms with van der Waals surface area (Å²) in [4.78, 5) is 7.17. The van der Waals surface area contributed by atoms with E-state index in [9.17, 15) is 0 Å². The lowest BCUT2D eigenvalue weighted by molar-refractivity contribution is 0.233. The minimum Gasteiger partial charge on any atom is -0.313 e. The highest BCUT2D eigenvalue weighted by atomic mass is 15.2. The molecular weight excluding hydrogens is 222 g/mol. The molecule has 0 aromatic carbocycles. The first kappa shape index (κ1) is 13.5. The maximum Gasteiger partial charge on any atom is 0.0547 e. The lowest BCUT2D eigenvalue weighted by atomic mass is 10.2. The number of hydrogen-bond donors (Lipinski definition) is 1. The second kappa shape index (κ2) is 6.30. The van der Waals surface area contributed by atoms with E-state index in [1.807, 2.05) is 0 Å².